The van der Waals surface area contributed by atoms with Crippen LogP contribution in [0.2, 0.25) is 0 Å². The molecule has 1 saturated carbocycles. The lowest BCUT2D eigenvalue weighted by molar-refractivity contribution is -0.130. The summed E-state index contributed by atoms with van der Waals surface area (Å²) >= 11 is 0. The zero-order valence-electron chi connectivity index (χ0n) is 6.45. The third-order valence-electron chi connectivity index (χ3n) is 1.84. The Morgan fingerprint density at radius 2 is 2.18 bits per heavy atom. The van der Waals surface area contributed by atoms with Crippen LogP contribution in [0.15, 0.2) is 0 Å². The van der Waals surface area contributed by atoms with Gasteiger partial charge in [0.25, 0.3) is 0 Å². The van der Waals surface area contributed by atoms with Crippen molar-refractivity contribution < 1.29 is 15.0 Å². The van der Waals surface area contributed by atoms with E-state index in [1.54, 1.807) is 0 Å². The molecule has 0 spiro atoms. The first-order chi connectivity index (χ1) is 5.09. The first kappa shape index (κ1) is 8.49. The average Bonchev–Trinajstić information content (AvgIpc) is 1.84. The Hall–Kier alpha value is -0.610. The molecule has 1 amide bonds. The fourth-order valence-electron chi connectivity index (χ4n) is 1.03. The van der Waals surface area contributed by atoms with Crippen molar-refractivity contribution >= 4 is 5.91 Å². The second kappa shape index (κ2) is 3.19. The Morgan fingerprint density at radius 3 is 2.55 bits per heavy atom. The van der Waals surface area contributed by atoms with E-state index in [9.17, 15) is 4.79 Å². The Morgan fingerprint density at radius 1 is 1.64 bits per heavy atom. The summed E-state index contributed by atoms with van der Waals surface area (Å²) < 4.78 is 0. The molecule has 0 bridgehead atoms. The molecule has 0 aromatic heterocycles. The maximum absolute atomic E-state index is 10.8. The number of hydrogen-bond donors (Lipinski definition) is 3. The molecular formula is C7H13NO3. The SMILES string of the molecule is C[C@@H](O)C(=O)N[C@H]1C[C@H](O)C1. The molecule has 1 atom stereocenters. The predicted molar refractivity (Wildman–Crippen MR) is 38.9 cm³/mol. The zero-order valence-corrected chi connectivity index (χ0v) is 6.45. The highest BCUT2D eigenvalue weighted by atomic mass is 16.3. The van der Waals surface area contributed by atoms with Crippen molar-refractivity contribution in [3.05, 3.63) is 0 Å². The molecule has 1 fully saturated rings. The standard InChI is InChI=1S/C7H13NO3/c1-4(9)7(11)8-5-2-6(10)3-5/h4-6,9-10H,2-3H2,1H3,(H,8,11)/t4-,5-,6-/m1/s1. The minimum atomic E-state index is -0.951. The van der Waals surface area contributed by atoms with Gasteiger partial charge in [0.15, 0.2) is 0 Å². The topological polar surface area (TPSA) is 69.6 Å². The van der Waals surface area contributed by atoms with Crippen LogP contribution in [-0.2, 0) is 4.79 Å². The van der Waals surface area contributed by atoms with Crippen molar-refractivity contribution in [1.29, 1.82) is 0 Å². The summed E-state index contributed by atoms with van der Waals surface area (Å²) in [6.07, 6.45) is -0.00116. The number of amides is 1. The van der Waals surface area contributed by atoms with E-state index in [0.29, 0.717) is 12.8 Å². The van der Waals surface area contributed by atoms with Gasteiger partial charge in [0.1, 0.15) is 6.10 Å². The van der Waals surface area contributed by atoms with Gasteiger partial charge >= 0.3 is 0 Å². The van der Waals surface area contributed by atoms with Crippen molar-refractivity contribution in [3.8, 4) is 0 Å². The van der Waals surface area contributed by atoms with Crippen LogP contribution < -0.4 is 5.32 Å². The third kappa shape index (κ3) is 2.17. The van der Waals surface area contributed by atoms with Crippen LogP contribution in [0.4, 0.5) is 0 Å². The highest BCUT2D eigenvalue weighted by molar-refractivity contribution is 5.80. The Kier molecular flexibility index (Phi) is 2.46. The average molecular weight is 159 g/mol. The first-order valence-electron chi connectivity index (χ1n) is 3.76. The predicted octanol–water partition coefficient (Wildman–Crippen LogP) is -0.993. The molecule has 0 aliphatic heterocycles. The molecule has 0 unspecified atom stereocenters. The summed E-state index contributed by atoms with van der Waals surface area (Å²) in [4.78, 5) is 10.8. The van der Waals surface area contributed by atoms with Crippen molar-refractivity contribution in [2.75, 3.05) is 0 Å². The maximum Gasteiger partial charge on any atom is 0.248 e. The number of aliphatic hydroxyl groups is 2. The lowest BCUT2D eigenvalue weighted by Crippen LogP contribution is -2.49. The number of nitrogens with one attached hydrogen (secondary N) is 1. The second-order valence-electron chi connectivity index (χ2n) is 3.01. The van der Waals surface area contributed by atoms with Gasteiger partial charge in [-0.3, -0.25) is 4.79 Å². The molecule has 4 nitrogen and oxygen atoms in total. The van der Waals surface area contributed by atoms with Crippen LogP contribution in [0, 0.1) is 0 Å². The fraction of sp³-hybridized carbons (Fsp3) is 0.857. The largest absolute Gasteiger partial charge is 0.393 e. The van der Waals surface area contributed by atoms with Crippen molar-refractivity contribution in [2.24, 2.45) is 0 Å². The summed E-state index contributed by atoms with van der Waals surface area (Å²) in [5.41, 5.74) is 0. The van der Waals surface area contributed by atoms with Gasteiger partial charge in [0.05, 0.1) is 6.10 Å². The molecule has 1 aliphatic rings. The number of rotatable bonds is 2. The van der Waals surface area contributed by atoms with Crippen LogP contribution >= 0.6 is 0 Å². The van der Waals surface area contributed by atoms with Crippen LogP contribution in [0.3, 0.4) is 0 Å². The lowest BCUT2D eigenvalue weighted by atomic mass is 9.89. The minimum Gasteiger partial charge on any atom is -0.393 e. The maximum atomic E-state index is 10.8. The van der Waals surface area contributed by atoms with Gasteiger partial charge < -0.3 is 15.5 Å². The van der Waals surface area contributed by atoms with Crippen molar-refractivity contribution in [1.82, 2.24) is 5.32 Å². The molecule has 0 aromatic rings. The molecule has 0 aromatic carbocycles. The third-order valence-corrected chi connectivity index (χ3v) is 1.84. The van der Waals surface area contributed by atoms with Gasteiger partial charge in [-0.15, -0.1) is 0 Å². The molecule has 0 radical (unpaired) electrons. The Labute approximate surface area is 65.2 Å². The van der Waals surface area contributed by atoms with Gasteiger partial charge in [-0.2, -0.15) is 0 Å². The van der Waals surface area contributed by atoms with Crippen LogP contribution in [0.5, 0.6) is 0 Å². The molecule has 3 N–H and O–H groups in total. The fourth-order valence-corrected chi connectivity index (χ4v) is 1.03. The summed E-state index contributed by atoms with van der Waals surface area (Å²) in [6.45, 7) is 1.42. The Bertz CT molecular complexity index is 152. The van der Waals surface area contributed by atoms with Crippen LogP contribution in [0.1, 0.15) is 19.8 Å². The molecule has 1 aliphatic carbocycles. The normalized spacial score (nSPS) is 32.3. The van der Waals surface area contributed by atoms with E-state index in [1.165, 1.54) is 6.92 Å². The molecular weight excluding hydrogens is 146 g/mol. The second-order valence-corrected chi connectivity index (χ2v) is 3.01. The van der Waals surface area contributed by atoms with E-state index < -0.39 is 6.10 Å². The highest BCUT2D eigenvalue weighted by Gasteiger charge is 2.28. The van der Waals surface area contributed by atoms with Gasteiger partial charge in [-0.25, -0.2) is 0 Å². The zero-order chi connectivity index (χ0) is 8.43. The minimum absolute atomic E-state index is 0.0621. The molecule has 1 rings (SSSR count). The summed E-state index contributed by atoms with van der Waals surface area (Å²) in [6, 6.07) is 0.0621. The number of aliphatic hydroxyl groups excluding tert-OH is 2. The van der Waals surface area contributed by atoms with E-state index in [0.717, 1.165) is 0 Å². The Balaban J connectivity index is 2.17. The summed E-state index contributed by atoms with van der Waals surface area (Å²) in [7, 11) is 0. The summed E-state index contributed by atoms with van der Waals surface area (Å²) in [5, 5.41) is 20.2. The van der Waals surface area contributed by atoms with Gasteiger partial charge in [-0.05, 0) is 19.8 Å². The molecule has 0 saturated heterocycles. The molecule has 0 heterocycles. The van der Waals surface area contributed by atoms with Gasteiger partial charge in [0.2, 0.25) is 5.91 Å². The first-order valence-corrected chi connectivity index (χ1v) is 3.76. The van der Waals surface area contributed by atoms with Gasteiger partial charge in [0, 0.05) is 6.04 Å². The monoisotopic (exact) mass is 159 g/mol. The number of carbonyl (C=O) groups is 1. The number of hydrogen-bond acceptors (Lipinski definition) is 3. The molecule has 11 heavy (non-hydrogen) atoms. The molecule has 4 heteroatoms. The van der Waals surface area contributed by atoms with Gasteiger partial charge in [-0.1, -0.05) is 0 Å². The highest BCUT2D eigenvalue weighted by Crippen LogP contribution is 2.19. The van der Waals surface area contributed by atoms with E-state index in [-0.39, 0.29) is 18.1 Å². The van der Waals surface area contributed by atoms with Crippen LogP contribution in [0.25, 0.3) is 0 Å². The van der Waals surface area contributed by atoms with E-state index >= 15 is 0 Å². The molecule has 64 valence electrons. The lowest BCUT2D eigenvalue weighted by Gasteiger charge is -2.32. The smallest absolute Gasteiger partial charge is 0.248 e. The quantitative estimate of drug-likeness (QED) is 0.484. The van der Waals surface area contributed by atoms with Crippen molar-refractivity contribution in [2.45, 2.75) is 38.0 Å². The van der Waals surface area contributed by atoms with E-state index in [1.807, 2.05) is 0 Å². The van der Waals surface area contributed by atoms with E-state index in [4.69, 9.17) is 10.2 Å². The van der Waals surface area contributed by atoms with Crippen LogP contribution in [-0.4, -0.2) is 34.4 Å². The van der Waals surface area contributed by atoms with E-state index in [2.05, 4.69) is 5.32 Å². The number of carbonyl (C=O) groups excluding carboxylic acids is 1. The summed E-state index contributed by atoms with van der Waals surface area (Å²) in [5.74, 6) is -0.359. The van der Waals surface area contributed by atoms with Crippen molar-refractivity contribution in [3.63, 3.8) is 0 Å².